The van der Waals surface area contributed by atoms with Gasteiger partial charge >= 0.3 is 0 Å². The Balaban J connectivity index is 2.16. The lowest BCUT2D eigenvalue weighted by atomic mass is 9.97. The summed E-state index contributed by atoms with van der Waals surface area (Å²) in [6.07, 6.45) is 5.62. The average Bonchev–Trinajstić information content (AvgIpc) is 2.86. The number of aryl methyl sites for hydroxylation is 1. The predicted molar refractivity (Wildman–Crippen MR) is 76.1 cm³/mol. The highest BCUT2D eigenvalue weighted by molar-refractivity contribution is 5.85. The van der Waals surface area contributed by atoms with Gasteiger partial charge in [0.05, 0.1) is 12.3 Å². The quantitative estimate of drug-likeness (QED) is 0.776. The number of hydrogen-bond acceptors (Lipinski definition) is 3. The summed E-state index contributed by atoms with van der Waals surface area (Å²) in [6, 6.07) is 10.4. The molecule has 0 saturated heterocycles. The minimum Gasteiger partial charge on any atom is -0.469 e. The van der Waals surface area contributed by atoms with Crippen LogP contribution in [0.25, 0.3) is 10.8 Å². The van der Waals surface area contributed by atoms with E-state index in [1.54, 1.807) is 6.26 Å². The fourth-order valence-corrected chi connectivity index (χ4v) is 2.49. The predicted octanol–water partition coefficient (Wildman–Crippen LogP) is 3.45. The normalized spacial score (nSPS) is 12.7. The van der Waals surface area contributed by atoms with Crippen LogP contribution in [-0.4, -0.2) is 12.0 Å². The molecule has 3 nitrogen and oxygen atoms in total. The summed E-state index contributed by atoms with van der Waals surface area (Å²) >= 11 is 0. The van der Waals surface area contributed by atoms with Gasteiger partial charge in [-0.3, -0.25) is 4.98 Å². The molecule has 1 unspecified atom stereocenters. The van der Waals surface area contributed by atoms with Gasteiger partial charge in [0, 0.05) is 23.3 Å². The Morgan fingerprint density at radius 1 is 1.21 bits per heavy atom. The summed E-state index contributed by atoms with van der Waals surface area (Å²) in [4.78, 5) is 4.34. The molecule has 3 heteroatoms. The molecule has 0 amide bonds. The highest BCUT2D eigenvalue weighted by Gasteiger charge is 2.16. The van der Waals surface area contributed by atoms with Crippen molar-refractivity contribution in [3.8, 4) is 0 Å². The number of nitrogens with one attached hydrogen (secondary N) is 1. The summed E-state index contributed by atoms with van der Waals surface area (Å²) < 4.78 is 5.42. The van der Waals surface area contributed by atoms with Crippen molar-refractivity contribution in [3.63, 3.8) is 0 Å². The van der Waals surface area contributed by atoms with Crippen molar-refractivity contribution in [3.05, 3.63) is 65.9 Å². The van der Waals surface area contributed by atoms with Gasteiger partial charge in [-0.15, -0.1) is 0 Å². The Morgan fingerprint density at radius 2 is 2.05 bits per heavy atom. The van der Waals surface area contributed by atoms with Gasteiger partial charge in [-0.05, 0) is 31.0 Å². The molecule has 1 atom stereocenters. The smallest absolute Gasteiger partial charge is 0.101 e. The van der Waals surface area contributed by atoms with Crippen LogP contribution in [0.1, 0.15) is 22.9 Å². The molecule has 0 spiro atoms. The van der Waals surface area contributed by atoms with Gasteiger partial charge in [-0.1, -0.05) is 24.3 Å². The van der Waals surface area contributed by atoms with Crippen molar-refractivity contribution in [1.82, 2.24) is 10.3 Å². The lowest BCUT2D eigenvalue weighted by Gasteiger charge is -2.16. The number of furan rings is 1. The highest BCUT2D eigenvalue weighted by atomic mass is 16.3. The first-order valence-corrected chi connectivity index (χ1v) is 6.34. The lowest BCUT2D eigenvalue weighted by Crippen LogP contribution is -2.17. The van der Waals surface area contributed by atoms with Crippen LogP contribution in [0.15, 0.2) is 53.4 Å². The molecule has 96 valence electrons. The van der Waals surface area contributed by atoms with Crippen LogP contribution in [0.2, 0.25) is 0 Å². The summed E-state index contributed by atoms with van der Waals surface area (Å²) in [6.45, 7) is 1.96. The van der Waals surface area contributed by atoms with Gasteiger partial charge in [0.1, 0.15) is 5.76 Å². The third-order valence-corrected chi connectivity index (χ3v) is 3.38. The van der Waals surface area contributed by atoms with Gasteiger partial charge in [-0.25, -0.2) is 0 Å². The molecule has 0 fully saturated rings. The van der Waals surface area contributed by atoms with Gasteiger partial charge in [0.2, 0.25) is 0 Å². The number of aromatic nitrogens is 1. The van der Waals surface area contributed by atoms with E-state index in [4.69, 9.17) is 4.42 Å². The molecule has 3 rings (SSSR count). The molecule has 0 bridgehead atoms. The van der Waals surface area contributed by atoms with Crippen molar-refractivity contribution < 1.29 is 4.42 Å². The molecular weight excluding hydrogens is 236 g/mol. The molecule has 0 saturated carbocycles. The Hall–Kier alpha value is -2.13. The largest absolute Gasteiger partial charge is 0.469 e. The third kappa shape index (κ3) is 2.13. The van der Waals surface area contributed by atoms with E-state index >= 15 is 0 Å². The van der Waals surface area contributed by atoms with Gasteiger partial charge in [-0.2, -0.15) is 0 Å². The van der Waals surface area contributed by atoms with E-state index in [1.807, 2.05) is 32.4 Å². The zero-order valence-corrected chi connectivity index (χ0v) is 11.1. The maximum Gasteiger partial charge on any atom is 0.101 e. The summed E-state index contributed by atoms with van der Waals surface area (Å²) in [7, 11) is 1.95. The van der Waals surface area contributed by atoms with Crippen LogP contribution >= 0.6 is 0 Å². The second kappa shape index (κ2) is 4.86. The standard InChI is InChI=1S/C16H16N2O/c1-11-7-13(10-19-11)16(17-2)15-9-18-8-12-5-3-4-6-14(12)15/h3-10,16-17H,1-2H3. The van der Waals surface area contributed by atoms with E-state index in [9.17, 15) is 0 Å². The molecule has 0 radical (unpaired) electrons. The summed E-state index contributed by atoms with van der Waals surface area (Å²) in [5.41, 5.74) is 2.29. The van der Waals surface area contributed by atoms with E-state index < -0.39 is 0 Å². The SMILES string of the molecule is CNC(c1coc(C)c1)c1cncc2ccccc12. The zero-order chi connectivity index (χ0) is 13.2. The fraction of sp³-hybridized carbons (Fsp3) is 0.188. The first kappa shape index (κ1) is 11.9. The molecule has 2 heterocycles. The van der Waals surface area contributed by atoms with Crippen molar-refractivity contribution >= 4 is 10.8 Å². The van der Waals surface area contributed by atoms with E-state index in [0.717, 1.165) is 16.7 Å². The molecule has 2 aromatic heterocycles. The topological polar surface area (TPSA) is 38.1 Å². The minimum absolute atomic E-state index is 0.0936. The van der Waals surface area contributed by atoms with Crippen molar-refractivity contribution in [1.29, 1.82) is 0 Å². The Labute approximate surface area is 112 Å². The maximum atomic E-state index is 5.42. The number of nitrogens with zero attached hydrogens (tertiary/aromatic N) is 1. The molecule has 19 heavy (non-hydrogen) atoms. The lowest BCUT2D eigenvalue weighted by molar-refractivity contribution is 0.528. The third-order valence-electron chi connectivity index (χ3n) is 3.38. The van der Waals surface area contributed by atoms with Crippen molar-refractivity contribution in [2.75, 3.05) is 7.05 Å². The maximum absolute atomic E-state index is 5.42. The monoisotopic (exact) mass is 252 g/mol. The minimum atomic E-state index is 0.0936. The molecule has 0 aliphatic rings. The first-order chi connectivity index (χ1) is 9.29. The van der Waals surface area contributed by atoms with Gasteiger partial charge < -0.3 is 9.73 Å². The number of pyridine rings is 1. The first-order valence-electron chi connectivity index (χ1n) is 6.34. The van der Waals surface area contributed by atoms with E-state index in [2.05, 4.69) is 34.6 Å². The van der Waals surface area contributed by atoms with E-state index in [0.29, 0.717) is 0 Å². The molecular formula is C16H16N2O. The number of fused-ring (bicyclic) bond motifs is 1. The second-order valence-corrected chi connectivity index (χ2v) is 4.66. The van der Waals surface area contributed by atoms with E-state index in [-0.39, 0.29) is 6.04 Å². The summed E-state index contributed by atoms with van der Waals surface area (Å²) in [5, 5.41) is 5.71. The molecule has 3 aromatic rings. The molecule has 1 N–H and O–H groups in total. The molecule has 0 aliphatic carbocycles. The number of benzene rings is 1. The molecule has 1 aromatic carbocycles. The average molecular weight is 252 g/mol. The van der Waals surface area contributed by atoms with Crippen LogP contribution in [0.3, 0.4) is 0 Å². The van der Waals surface area contributed by atoms with Gasteiger partial charge in [0.15, 0.2) is 0 Å². The second-order valence-electron chi connectivity index (χ2n) is 4.66. The zero-order valence-electron chi connectivity index (χ0n) is 11.1. The number of hydrogen-bond donors (Lipinski definition) is 1. The van der Waals surface area contributed by atoms with Crippen LogP contribution < -0.4 is 5.32 Å². The molecule has 0 aliphatic heterocycles. The van der Waals surface area contributed by atoms with Crippen LogP contribution in [0, 0.1) is 6.92 Å². The Bertz CT molecular complexity index is 697. The Kier molecular flexibility index (Phi) is 3.05. The number of rotatable bonds is 3. The van der Waals surface area contributed by atoms with Crippen LogP contribution in [0.5, 0.6) is 0 Å². The Morgan fingerprint density at radius 3 is 2.79 bits per heavy atom. The van der Waals surface area contributed by atoms with Crippen molar-refractivity contribution in [2.24, 2.45) is 0 Å². The van der Waals surface area contributed by atoms with Crippen molar-refractivity contribution in [2.45, 2.75) is 13.0 Å². The highest BCUT2D eigenvalue weighted by Crippen LogP contribution is 2.28. The fourth-order valence-electron chi connectivity index (χ4n) is 2.49. The van der Waals surface area contributed by atoms with E-state index in [1.165, 1.54) is 10.9 Å². The van der Waals surface area contributed by atoms with Gasteiger partial charge in [0.25, 0.3) is 0 Å². The van der Waals surface area contributed by atoms with Crippen LogP contribution in [-0.2, 0) is 0 Å². The summed E-state index contributed by atoms with van der Waals surface area (Å²) in [5.74, 6) is 0.920. The van der Waals surface area contributed by atoms with Crippen LogP contribution in [0.4, 0.5) is 0 Å².